The van der Waals surface area contributed by atoms with E-state index in [1.807, 2.05) is 0 Å². The van der Waals surface area contributed by atoms with Gasteiger partial charge in [0, 0.05) is 13.0 Å². The summed E-state index contributed by atoms with van der Waals surface area (Å²) in [5, 5.41) is 14.1. The van der Waals surface area contributed by atoms with E-state index in [-0.39, 0.29) is 13.0 Å². The van der Waals surface area contributed by atoms with Crippen molar-refractivity contribution in [3.63, 3.8) is 0 Å². The normalized spacial score (nSPS) is 9.00. The molecule has 0 spiro atoms. The number of nitrogens with zero attached hydrogens (tertiary/aromatic N) is 1. The predicted molar refractivity (Wildman–Crippen MR) is 50.1 cm³/mol. The summed E-state index contributed by atoms with van der Waals surface area (Å²) < 4.78 is 0. The standard InChI is InChI=1S/C8H14N2O4/c1-6(2)10-14-8(13)9-5-3-4-7(11)12/h3-5H2,1-2H3,(H,9,13)(H,11,12). The Hall–Kier alpha value is -1.59. The van der Waals surface area contributed by atoms with Gasteiger partial charge in [0.1, 0.15) is 0 Å². The number of carboxylic acid groups (broad SMARTS) is 1. The predicted octanol–water partition coefficient (Wildman–Crippen LogP) is 0.973. The molecule has 0 radical (unpaired) electrons. The molecule has 0 rings (SSSR count). The van der Waals surface area contributed by atoms with Crippen LogP contribution >= 0.6 is 0 Å². The van der Waals surface area contributed by atoms with Crippen LogP contribution in [-0.4, -0.2) is 29.4 Å². The molecule has 0 saturated carbocycles. The number of hydrogen-bond donors (Lipinski definition) is 2. The van der Waals surface area contributed by atoms with Crippen LogP contribution in [0, 0.1) is 0 Å². The van der Waals surface area contributed by atoms with Gasteiger partial charge in [-0.1, -0.05) is 5.16 Å². The number of hydrogen-bond acceptors (Lipinski definition) is 4. The molecule has 0 atom stereocenters. The van der Waals surface area contributed by atoms with Crippen molar-refractivity contribution in [1.29, 1.82) is 0 Å². The zero-order valence-electron chi connectivity index (χ0n) is 8.24. The Morgan fingerprint density at radius 3 is 2.57 bits per heavy atom. The van der Waals surface area contributed by atoms with E-state index < -0.39 is 12.1 Å². The van der Waals surface area contributed by atoms with Crippen molar-refractivity contribution in [2.45, 2.75) is 26.7 Å². The van der Waals surface area contributed by atoms with E-state index in [4.69, 9.17) is 5.11 Å². The zero-order valence-corrected chi connectivity index (χ0v) is 8.24. The molecule has 1 amide bonds. The van der Waals surface area contributed by atoms with Gasteiger partial charge >= 0.3 is 12.1 Å². The van der Waals surface area contributed by atoms with E-state index in [0.29, 0.717) is 12.1 Å². The van der Waals surface area contributed by atoms with Crippen molar-refractivity contribution < 1.29 is 19.5 Å². The number of amides is 1. The van der Waals surface area contributed by atoms with Crippen LogP contribution in [0.2, 0.25) is 0 Å². The minimum absolute atomic E-state index is 0.0242. The Bertz CT molecular complexity index is 233. The van der Waals surface area contributed by atoms with E-state index >= 15 is 0 Å². The minimum Gasteiger partial charge on any atom is -0.481 e. The molecule has 0 unspecified atom stereocenters. The number of rotatable bonds is 5. The van der Waals surface area contributed by atoms with Gasteiger partial charge in [-0.15, -0.1) is 0 Å². The number of carboxylic acids is 1. The van der Waals surface area contributed by atoms with E-state index in [2.05, 4.69) is 15.3 Å². The molecule has 0 saturated heterocycles. The summed E-state index contributed by atoms with van der Waals surface area (Å²) in [7, 11) is 0. The smallest absolute Gasteiger partial charge is 0.433 e. The van der Waals surface area contributed by atoms with Crippen molar-refractivity contribution in [3.05, 3.63) is 0 Å². The molecule has 0 bridgehead atoms. The van der Waals surface area contributed by atoms with Crippen LogP contribution in [0.15, 0.2) is 5.16 Å². The Kier molecular flexibility index (Phi) is 6.09. The van der Waals surface area contributed by atoms with E-state index in [1.54, 1.807) is 13.8 Å². The second-order valence-corrected chi connectivity index (χ2v) is 2.84. The summed E-state index contributed by atoms with van der Waals surface area (Å²) in [6.07, 6.45) is -0.271. The van der Waals surface area contributed by atoms with Crippen LogP contribution < -0.4 is 5.32 Å². The molecular weight excluding hydrogens is 188 g/mol. The molecule has 6 heteroatoms. The van der Waals surface area contributed by atoms with Crippen LogP contribution in [-0.2, 0) is 9.63 Å². The molecule has 0 fully saturated rings. The van der Waals surface area contributed by atoms with Gasteiger partial charge in [-0.3, -0.25) is 9.63 Å². The molecule has 0 aromatic heterocycles. The zero-order chi connectivity index (χ0) is 11.0. The molecule has 0 aliphatic rings. The van der Waals surface area contributed by atoms with Gasteiger partial charge in [0.15, 0.2) is 0 Å². The average Bonchev–Trinajstić information content (AvgIpc) is 2.08. The van der Waals surface area contributed by atoms with Gasteiger partial charge in [-0.25, -0.2) is 4.79 Å². The van der Waals surface area contributed by atoms with E-state index in [0.717, 1.165) is 0 Å². The number of nitrogens with one attached hydrogen (secondary N) is 1. The molecule has 0 aliphatic carbocycles. The van der Waals surface area contributed by atoms with Crippen molar-refractivity contribution in [2.24, 2.45) is 5.16 Å². The van der Waals surface area contributed by atoms with Gasteiger partial charge in [0.25, 0.3) is 0 Å². The third kappa shape index (κ3) is 8.51. The SMILES string of the molecule is CC(C)=NOC(=O)NCCCC(=O)O. The highest BCUT2D eigenvalue weighted by molar-refractivity contribution is 5.79. The number of carbonyl (C=O) groups excluding carboxylic acids is 1. The Morgan fingerprint density at radius 2 is 2.07 bits per heavy atom. The first kappa shape index (κ1) is 12.4. The van der Waals surface area contributed by atoms with Crippen LogP contribution in [0.5, 0.6) is 0 Å². The van der Waals surface area contributed by atoms with Crippen molar-refractivity contribution >= 4 is 17.8 Å². The van der Waals surface area contributed by atoms with Crippen LogP contribution in [0.3, 0.4) is 0 Å². The lowest BCUT2D eigenvalue weighted by Gasteiger charge is -2.00. The van der Waals surface area contributed by atoms with Gasteiger partial charge in [0.2, 0.25) is 0 Å². The highest BCUT2D eigenvalue weighted by Crippen LogP contribution is 1.87. The molecule has 0 aromatic carbocycles. The van der Waals surface area contributed by atoms with Gasteiger partial charge < -0.3 is 10.4 Å². The highest BCUT2D eigenvalue weighted by atomic mass is 16.7. The Balaban J connectivity index is 3.45. The lowest BCUT2D eigenvalue weighted by molar-refractivity contribution is -0.137. The average molecular weight is 202 g/mol. The maximum atomic E-state index is 10.8. The van der Waals surface area contributed by atoms with Gasteiger partial charge in [0.05, 0.1) is 5.71 Å². The molecular formula is C8H14N2O4. The molecule has 0 aliphatic heterocycles. The number of oxime groups is 1. The minimum atomic E-state index is -0.886. The Morgan fingerprint density at radius 1 is 1.43 bits per heavy atom. The quantitative estimate of drug-likeness (QED) is 0.301. The van der Waals surface area contributed by atoms with Crippen LogP contribution in [0.1, 0.15) is 26.7 Å². The summed E-state index contributed by atoms with van der Waals surface area (Å²) in [6.45, 7) is 3.65. The van der Waals surface area contributed by atoms with Gasteiger partial charge in [-0.05, 0) is 20.3 Å². The summed E-state index contributed by atoms with van der Waals surface area (Å²) in [5.74, 6) is -0.886. The fourth-order valence-corrected chi connectivity index (χ4v) is 0.595. The lowest BCUT2D eigenvalue weighted by Crippen LogP contribution is -2.24. The lowest BCUT2D eigenvalue weighted by atomic mass is 10.3. The van der Waals surface area contributed by atoms with E-state index in [9.17, 15) is 9.59 Å². The highest BCUT2D eigenvalue weighted by Gasteiger charge is 2.01. The van der Waals surface area contributed by atoms with E-state index in [1.165, 1.54) is 0 Å². The van der Waals surface area contributed by atoms with Crippen LogP contribution in [0.4, 0.5) is 4.79 Å². The third-order valence-electron chi connectivity index (χ3n) is 1.15. The second-order valence-electron chi connectivity index (χ2n) is 2.84. The van der Waals surface area contributed by atoms with Crippen molar-refractivity contribution in [1.82, 2.24) is 5.32 Å². The molecule has 80 valence electrons. The Labute approximate surface area is 81.9 Å². The first-order chi connectivity index (χ1) is 6.52. The topological polar surface area (TPSA) is 88.0 Å². The molecule has 0 aromatic rings. The van der Waals surface area contributed by atoms with Crippen molar-refractivity contribution in [2.75, 3.05) is 6.54 Å². The maximum absolute atomic E-state index is 10.8. The van der Waals surface area contributed by atoms with Gasteiger partial charge in [-0.2, -0.15) is 0 Å². The molecule has 0 heterocycles. The first-order valence-electron chi connectivity index (χ1n) is 4.20. The second kappa shape index (κ2) is 6.88. The first-order valence-corrected chi connectivity index (χ1v) is 4.20. The monoisotopic (exact) mass is 202 g/mol. The number of carbonyl (C=O) groups is 2. The van der Waals surface area contributed by atoms with Crippen molar-refractivity contribution in [3.8, 4) is 0 Å². The fraction of sp³-hybridized carbons (Fsp3) is 0.625. The number of aliphatic carboxylic acids is 1. The third-order valence-corrected chi connectivity index (χ3v) is 1.15. The summed E-state index contributed by atoms with van der Waals surface area (Å²) in [6, 6.07) is 0. The molecule has 14 heavy (non-hydrogen) atoms. The summed E-state index contributed by atoms with van der Waals surface area (Å²) in [5.41, 5.74) is 0.630. The maximum Gasteiger partial charge on any atom is 0.433 e. The molecule has 2 N–H and O–H groups in total. The summed E-state index contributed by atoms with van der Waals surface area (Å²) in [4.78, 5) is 25.3. The molecule has 6 nitrogen and oxygen atoms in total. The summed E-state index contributed by atoms with van der Waals surface area (Å²) >= 11 is 0. The van der Waals surface area contributed by atoms with Crippen LogP contribution in [0.25, 0.3) is 0 Å². The largest absolute Gasteiger partial charge is 0.481 e. The fourth-order valence-electron chi connectivity index (χ4n) is 0.595.